The molecule has 0 spiro atoms. The minimum Gasteiger partial charge on any atom is -0.106 e. The third kappa shape index (κ3) is 231. The van der Waals surface area contributed by atoms with Crippen LogP contribution in [0.15, 0.2) is 86.1 Å². The van der Waals surface area contributed by atoms with E-state index in [1.165, 1.54) is 27.9 Å². The van der Waals surface area contributed by atoms with Gasteiger partial charge in [0.05, 0.1) is 0 Å². The average molecular weight is 465 g/mol. The van der Waals surface area contributed by atoms with E-state index in [0.717, 1.165) is 0 Å². The molecule has 0 aromatic heterocycles. The molecule has 0 fully saturated rings. The molecule has 0 amide bonds. The summed E-state index contributed by atoms with van der Waals surface area (Å²) in [6.45, 7) is 56.4. The standard InChI is InChI=1S/C8H16.2C6H12.2C4H8.2C2H4.CH4/c1-7(2)6-8(3,4)5;1-5-6(2,3)4;1-5(2)6(3)4;2*1-4(2)3;2*1-2;/h6H,1-5H3;5H,1H2,2-4H3;1-4H3;2*1H2,2-3H3;2*1-2H2;1H4. The van der Waals surface area contributed by atoms with Gasteiger partial charge in [-0.15, -0.1) is 46.1 Å². The second-order valence-corrected chi connectivity index (χ2v) is 10.6. The van der Waals surface area contributed by atoms with E-state index in [1.54, 1.807) is 0 Å². The third-order valence-electron chi connectivity index (χ3n) is 2.33. The molecule has 0 radical (unpaired) electrons. The summed E-state index contributed by atoms with van der Waals surface area (Å²) < 4.78 is 0. The summed E-state index contributed by atoms with van der Waals surface area (Å²) in [5.74, 6) is 0. The van der Waals surface area contributed by atoms with E-state index in [9.17, 15) is 0 Å². The molecule has 0 saturated heterocycles. The lowest BCUT2D eigenvalue weighted by Crippen LogP contribution is -1.99. The Morgan fingerprint density at radius 1 is 0.515 bits per heavy atom. The fourth-order valence-electron chi connectivity index (χ4n) is 0.866. The zero-order chi connectivity index (χ0) is 28.3. The SMILES string of the molecule is C.C=C.C=C.C=C(C)C.C=C(C)C.C=CC(C)(C)C.CC(C)=C(C)C.CC(C)=CC(C)(C)C. The molecule has 0 heterocycles. The van der Waals surface area contributed by atoms with Crippen molar-refractivity contribution in [1.82, 2.24) is 0 Å². The van der Waals surface area contributed by atoms with Gasteiger partial charge in [-0.2, -0.15) is 0 Å². The van der Waals surface area contributed by atoms with Crippen LogP contribution in [0.4, 0.5) is 0 Å². The normalized spacial score (nSPS) is 8.00. The zero-order valence-corrected chi connectivity index (χ0v) is 25.6. The predicted octanol–water partition coefficient (Wildman–Crippen LogP) is 13.0. The van der Waals surface area contributed by atoms with Gasteiger partial charge in [0.2, 0.25) is 0 Å². The van der Waals surface area contributed by atoms with Crippen LogP contribution >= 0.6 is 0 Å². The lowest BCUT2D eigenvalue weighted by atomic mass is 9.94. The summed E-state index contributed by atoms with van der Waals surface area (Å²) in [4.78, 5) is 0. The Balaban J connectivity index is -0.0000000384. The highest BCUT2D eigenvalue weighted by atomic mass is 14.1. The van der Waals surface area contributed by atoms with Crippen molar-refractivity contribution in [2.75, 3.05) is 0 Å². The Labute approximate surface area is 215 Å². The topological polar surface area (TPSA) is 0 Å². The average Bonchev–Trinajstić information content (AvgIpc) is 2.55. The van der Waals surface area contributed by atoms with Crippen LogP contribution in [-0.4, -0.2) is 0 Å². The molecule has 0 bridgehead atoms. The van der Waals surface area contributed by atoms with E-state index in [4.69, 9.17) is 0 Å². The largest absolute Gasteiger partial charge is 0.106 e. The van der Waals surface area contributed by atoms with Gasteiger partial charge in [0, 0.05) is 0 Å². The summed E-state index contributed by atoms with van der Waals surface area (Å²) in [5.41, 5.74) is 7.25. The molecule has 0 atom stereocenters. The summed E-state index contributed by atoms with van der Waals surface area (Å²) in [7, 11) is 0. The first-order chi connectivity index (χ1) is 14.1. The Morgan fingerprint density at radius 2 is 0.667 bits per heavy atom. The van der Waals surface area contributed by atoms with Gasteiger partial charge in [-0.3, -0.25) is 0 Å². The summed E-state index contributed by atoms with van der Waals surface area (Å²) >= 11 is 0. The van der Waals surface area contributed by atoms with Crippen molar-refractivity contribution in [2.45, 2.75) is 118 Å². The molecule has 0 nitrogen and oxygen atoms in total. The van der Waals surface area contributed by atoms with Crippen molar-refractivity contribution in [1.29, 1.82) is 0 Å². The summed E-state index contributed by atoms with van der Waals surface area (Å²) in [6.07, 6.45) is 4.21. The quantitative estimate of drug-likeness (QED) is 0.312. The number of hydrogen-bond donors (Lipinski definition) is 0. The third-order valence-corrected chi connectivity index (χ3v) is 2.33. The van der Waals surface area contributed by atoms with Gasteiger partial charge in [-0.1, -0.05) is 89.0 Å². The van der Waals surface area contributed by atoms with Crippen molar-refractivity contribution in [3.8, 4) is 0 Å². The molecular weight excluding hydrogens is 396 g/mol. The Bertz CT molecular complexity index is 449. The maximum atomic E-state index is 3.63. The molecular formula is C33H68. The number of rotatable bonds is 0. The zero-order valence-electron chi connectivity index (χ0n) is 25.6. The highest BCUT2D eigenvalue weighted by Gasteiger charge is 2.03. The maximum Gasteiger partial charge on any atom is -0.0201 e. The van der Waals surface area contributed by atoms with E-state index in [0.29, 0.717) is 10.8 Å². The van der Waals surface area contributed by atoms with Crippen molar-refractivity contribution < 1.29 is 0 Å². The molecule has 0 rings (SSSR count). The van der Waals surface area contributed by atoms with Gasteiger partial charge in [-0.05, 0) is 80.1 Å². The van der Waals surface area contributed by atoms with Crippen molar-refractivity contribution >= 4 is 0 Å². The minimum atomic E-state index is 0. The Hall–Kier alpha value is -1.82. The fraction of sp³-hybridized carbons (Fsp3) is 0.576. The first kappa shape index (κ1) is 52.9. The van der Waals surface area contributed by atoms with Crippen LogP contribution in [0.5, 0.6) is 0 Å². The summed E-state index contributed by atoms with van der Waals surface area (Å²) in [6, 6.07) is 0. The Kier molecular flexibility index (Phi) is 55.7. The van der Waals surface area contributed by atoms with Crippen LogP contribution < -0.4 is 0 Å². The van der Waals surface area contributed by atoms with Crippen LogP contribution in [-0.2, 0) is 0 Å². The lowest BCUT2D eigenvalue weighted by Gasteiger charge is -2.11. The molecule has 0 aromatic carbocycles. The van der Waals surface area contributed by atoms with Gasteiger partial charge in [0.25, 0.3) is 0 Å². The molecule has 0 aromatic rings. The van der Waals surface area contributed by atoms with Gasteiger partial charge < -0.3 is 0 Å². The molecule has 33 heavy (non-hydrogen) atoms. The highest BCUT2D eigenvalue weighted by Crippen LogP contribution is 2.16. The lowest BCUT2D eigenvalue weighted by molar-refractivity contribution is 0.540. The van der Waals surface area contributed by atoms with Crippen LogP contribution in [0.25, 0.3) is 0 Å². The van der Waals surface area contributed by atoms with Gasteiger partial charge in [0.15, 0.2) is 0 Å². The van der Waals surface area contributed by atoms with Gasteiger partial charge in [-0.25, -0.2) is 0 Å². The van der Waals surface area contributed by atoms with Gasteiger partial charge in [0.1, 0.15) is 0 Å². The van der Waals surface area contributed by atoms with E-state index in [-0.39, 0.29) is 7.43 Å². The first-order valence-electron chi connectivity index (χ1n) is 11.2. The van der Waals surface area contributed by atoms with Crippen molar-refractivity contribution in [3.63, 3.8) is 0 Å². The molecule has 0 aliphatic rings. The van der Waals surface area contributed by atoms with E-state index in [1.807, 2.05) is 33.8 Å². The van der Waals surface area contributed by atoms with Crippen LogP contribution in [0.3, 0.4) is 0 Å². The van der Waals surface area contributed by atoms with E-state index in [2.05, 4.69) is 135 Å². The van der Waals surface area contributed by atoms with E-state index >= 15 is 0 Å². The fourth-order valence-corrected chi connectivity index (χ4v) is 0.866. The Morgan fingerprint density at radius 3 is 0.667 bits per heavy atom. The molecule has 0 saturated carbocycles. The first-order valence-corrected chi connectivity index (χ1v) is 11.2. The molecule has 200 valence electrons. The van der Waals surface area contributed by atoms with Crippen LogP contribution in [0.2, 0.25) is 0 Å². The van der Waals surface area contributed by atoms with Crippen molar-refractivity contribution in [2.24, 2.45) is 10.8 Å². The number of hydrogen-bond acceptors (Lipinski definition) is 0. The molecule has 0 heteroatoms. The molecule has 0 unspecified atom stereocenters. The smallest absolute Gasteiger partial charge is 0.0201 e. The van der Waals surface area contributed by atoms with Crippen LogP contribution in [0.1, 0.15) is 118 Å². The van der Waals surface area contributed by atoms with Crippen LogP contribution in [0, 0.1) is 10.8 Å². The van der Waals surface area contributed by atoms with E-state index < -0.39 is 0 Å². The monoisotopic (exact) mass is 465 g/mol. The van der Waals surface area contributed by atoms with Crippen molar-refractivity contribution in [3.05, 3.63) is 86.1 Å². The highest BCUT2D eigenvalue weighted by molar-refractivity contribution is 5.02. The second kappa shape index (κ2) is 34.8. The summed E-state index contributed by atoms with van der Waals surface area (Å²) in [5, 5.41) is 0. The molecule has 0 N–H and O–H groups in total. The maximum absolute atomic E-state index is 3.63. The molecule has 0 aliphatic heterocycles. The predicted molar refractivity (Wildman–Crippen MR) is 168 cm³/mol. The minimum absolute atomic E-state index is 0. The molecule has 0 aliphatic carbocycles. The second-order valence-electron chi connectivity index (χ2n) is 10.6. The van der Waals surface area contributed by atoms with Gasteiger partial charge >= 0.3 is 0 Å². The number of allylic oxidation sites excluding steroid dienone is 7.